The summed E-state index contributed by atoms with van der Waals surface area (Å²) in [5.41, 5.74) is 2.59. The van der Waals surface area contributed by atoms with Crippen LogP contribution in [0.3, 0.4) is 0 Å². The molecular formula is C23H21ClN4O5S2. The highest BCUT2D eigenvalue weighted by Crippen LogP contribution is 2.27. The maximum atomic E-state index is 12.4. The maximum absolute atomic E-state index is 12.4. The molecule has 3 rings (SSSR count). The number of nitrogens with zero attached hydrogens (tertiary/aromatic N) is 3. The Labute approximate surface area is 212 Å². The van der Waals surface area contributed by atoms with Crippen LogP contribution >= 0.6 is 23.1 Å². The zero-order valence-corrected chi connectivity index (χ0v) is 21.4. The van der Waals surface area contributed by atoms with E-state index in [2.05, 4.69) is 14.7 Å². The third-order valence-electron chi connectivity index (χ3n) is 4.68. The van der Waals surface area contributed by atoms with Crippen molar-refractivity contribution in [2.24, 2.45) is 0 Å². The Hall–Kier alpha value is -3.46. The maximum Gasteiger partial charge on any atom is 0.268 e. The Morgan fingerprint density at radius 2 is 1.91 bits per heavy atom. The summed E-state index contributed by atoms with van der Waals surface area (Å²) in [5.74, 6) is 0.424. The first-order valence-electron chi connectivity index (χ1n) is 10.2. The van der Waals surface area contributed by atoms with Crippen LogP contribution in [0.2, 0.25) is 5.02 Å². The van der Waals surface area contributed by atoms with Gasteiger partial charge in [-0.25, -0.2) is 8.42 Å². The van der Waals surface area contributed by atoms with Crippen LogP contribution in [0, 0.1) is 25.2 Å². The number of hydrogen-bond donors (Lipinski definition) is 1. The molecule has 3 aromatic rings. The number of nitrogens with one attached hydrogen (secondary N) is 1. The van der Waals surface area contributed by atoms with Crippen molar-refractivity contribution < 1.29 is 22.7 Å². The third-order valence-corrected chi connectivity index (χ3v) is 6.57. The largest absolute Gasteiger partial charge is 0.490 e. The lowest BCUT2D eigenvalue weighted by Gasteiger charge is -2.11. The summed E-state index contributed by atoms with van der Waals surface area (Å²) in [6.07, 6.45) is 2.29. The number of amides is 1. The molecule has 0 saturated carbocycles. The van der Waals surface area contributed by atoms with Crippen LogP contribution in [0.1, 0.15) is 16.7 Å². The molecule has 1 amide bonds. The summed E-state index contributed by atoms with van der Waals surface area (Å²) >= 11 is 6.99. The van der Waals surface area contributed by atoms with Gasteiger partial charge in [0, 0.05) is 17.8 Å². The molecule has 0 spiro atoms. The van der Waals surface area contributed by atoms with Gasteiger partial charge in [0.1, 0.15) is 36.4 Å². The van der Waals surface area contributed by atoms with Crippen LogP contribution < -0.4 is 14.8 Å². The average molecular weight is 533 g/mol. The van der Waals surface area contributed by atoms with Crippen LogP contribution in [0.5, 0.6) is 11.5 Å². The standard InChI is InChI=1S/C23H21ClN4O5S2/c1-14-4-6-18(10-15(14)2)32-8-9-33-20-7-5-16(12-19(20)24)11-17(13-25)21(29)26-22-27-23(28-34-22)35(3,30)31/h4-7,10-12H,8-9H2,1-3H3,(H,26,27,28,29). The van der Waals surface area contributed by atoms with Gasteiger partial charge in [-0.05, 0) is 60.9 Å². The second-order valence-corrected chi connectivity index (χ2v) is 10.5. The normalized spacial score (nSPS) is 11.6. The Bertz CT molecular complexity index is 1430. The monoisotopic (exact) mass is 532 g/mol. The van der Waals surface area contributed by atoms with Crippen LogP contribution in [-0.2, 0) is 14.6 Å². The van der Waals surface area contributed by atoms with Gasteiger partial charge >= 0.3 is 0 Å². The molecule has 0 aliphatic rings. The predicted molar refractivity (Wildman–Crippen MR) is 134 cm³/mol. The van der Waals surface area contributed by atoms with Crippen molar-refractivity contribution in [2.75, 3.05) is 24.8 Å². The van der Waals surface area contributed by atoms with Gasteiger partial charge in [0.15, 0.2) is 0 Å². The molecular weight excluding hydrogens is 512 g/mol. The van der Waals surface area contributed by atoms with Crippen LogP contribution in [0.25, 0.3) is 6.08 Å². The van der Waals surface area contributed by atoms with Crippen LogP contribution in [0.15, 0.2) is 47.1 Å². The fourth-order valence-electron chi connectivity index (χ4n) is 2.73. The number of aromatic nitrogens is 2. The summed E-state index contributed by atoms with van der Waals surface area (Å²) < 4.78 is 38.0. The van der Waals surface area contributed by atoms with Crippen LogP contribution in [-0.4, -0.2) is 43.2 Å². The molecule has 0 aliphatic heterocycles. The van der Waals surface area contributed by atoms with Crippen molar-refractivity contribution in [2.45, 2.75) is 19.0 Å². The fraction of sp³-hybridized carbons (Fsp3) is 0.217. The van der Waals surface area contributed by atoms with Crippen molar-refractivity contribution in [1.82, 2.24) is 9.36 Å². The molecule has 0 fully saturated rings. The molecule has 12 heteroatoms. The molecule has 1 N–H and O–H groups in total. The Kier molecular flexibility index (Phi) is 8.45. The lowest BCUT2D eigenvalue weighted by atomic mass is 10.1. The van der Waals surface area contributed by atoms with E-state index in [1.54, 1.807) is 24.3 Å². The zero-order valence-electron chi connectivity index (χ0n) is 19.0. The number of benzene rings is 2. The van der Waals surface area contributed by atoms with Gasteiger partial charge in [0.25, 0.3) is 11.1 Å². The molecule has 35 heavy (non-hydrogen) atoms. The summed E-state index contributed by atoms with van der Waals surface area (Å²) in [7, 11) is -3.60. The molecule has 0 unspecified atom stereocenters. The van der Waals surface area contributed by atoms with Gasteiger partial charge in [-0.2, -0.15) is 14.6 Å². The minimum Gasteiger partial charge on any atom is -0.490 e. The molecule has 9 nitrogen and oxygen atoms in total. The van der Waals surface area contributed by atoms with E-state index < -0.39 is 20.9 Å². The van der Waals surface area contributed by atoms with E-state index >= 15 is 0 Å². The first kappa shape index (κ1) is 26.2. The van der Waals surface area contributed by atoms with E-state index in [1.165, 1.54) is 11.6 Å². The lowest BCUT2D eigenvalue weighted by molar-refractivity contribution is -0.112. The summed E-state index contributed by atoms with van der Waals surface area (Å²) in [6.45, 7) is 4.64. The topological polar surface area (TPSA) is 131 Å². The smallest absolute Gasteiger partial charge is 0.268 e. The minimum absolute atomic E-state index is 0.0404. The van der Waals surface area contributed by atoms with E-state index in [4.69, 9.17) is 21.1 Å². The molecule has 2 aromatic carbocycles. The number of halogens is 1. The van der Waals surface area contributed by atoms with E-state index in [0.717, 1.165) is 17.6 Å². The van der Waals surface area contributed by atoms with Gasteiger partial charge in [0.05, 0.1) is 5.02 Å². The van der Waals surface area contributed by atoms with E-state index in [0.29, 0.717) is 34.5 Å². The Morgan fingerprint density at radius 3 is 2.54 bits per heavy atom. The number of nitriles is 1. The van der Waals surface area contributed by atoms with E-state index in [9.17, 15) is 18.5 Å². The van der Waals surface area contributed by atoms with Crippen LogP contribution in [0.4, 0.5) is 5.13 Å². The summed E-state index contributed by atoms with van der Waals surface area (Å²) in [4.78, 5) is 16.1. The molecule has 1 heterocycles. The summed E-state index contributed by atoms with van der Waals surface area (Å²) in [5, 5.41) is 11.6. The number of hydrogen-bond acceptors (Lipinski definition) is 9. The Morgan fingerprint density at radius 1 is 1.17 bits per heavy atom. The number of carbonyl (C=O) groups is 1. The number of anilines is 1. The second-order valence-electron chi connectivity index (χ2n) is 7.41. The fourth-order valence-corrected chi connectivity index (χ4v) is 4.41. The first-order chi connectivity index (χ1) is 16.6. The highest BCUT2D eigenvalue weighted by Gasteiger charge is 2.17. The van der Waals surface area contributed by atoms with Gasteiger partial charge < -0.3 is 9.47 Å². The van der Waals surface area contributed by atoms with Gasteiger partial charge in [0.2, 0.25) is 15.0 Å². The number of ether oxygens (including phenoxy) is 2. The Balaban J connectivity index is 1.60. The number of sulfone groups is 1. The number of aryl methyl sites for hydroxylation is 2. The SMILES string of the molecule is Cc1ccc(OCCOc2ccc(C=C(C#N)C(=O)Nc3nc(S(C)(=O)=O)ns3)cc2Cl)cc1C. The molecule has 0 saturated heterocycles. The third kappa shape index (κ3) is 7.26. The average Bonchev–Trinajstić information content (AvgIpc) is 3.27. The molecule has 0 aliphatic carbocycles. The first-order valence-corrected chi connectivity index (χ1v) is 13.2. The molecule has 1 aromatic heterocycles. The van der Waals surface area contributed by atoms with Crippen molar-refractivity contribution in [3.05, 3.63) is 63.7 Å². The van der Waals surface area contributed by atoms with Crippen molar-refractivity contribution in [1.29, 1.82) is 5.26 Å². The second kappa shape index (κ2) is 11.3. The quantitative estimate of drug-likeness (QED) is 0.246. The van der Waals surface area contributed by atoms with Crippen molar-refractivity contribution in [3.8, 4) is 17.6 Å². The summed E-state index contributed by atoms with van der Waals surface area (Å²) in [6, 6.07) is 12.5. The molecule has 0 atom stereocenters. The highest BCUT2D eigenvalue weighted by molar-refractivity contribution is 7.90. The van der Waals surface area contributed by atoms with Gasteiger partial charge in [-0.1, -0.05) is 23.7 Å². The highest BCUT2D eigenvalue weighted by atomic mass is 35.5. The van der Waals surface area contributed by atoms with Gasteiger partial charge in [-0.15, -0.1) is 0 Å². The molecule has 0 radical (unpaired) electrons. The number of carbonyl (C=O) groups excluding carboxylic acids is 1. The van der Waals surface area contributed by atoms with E-state index in [1.807, 2.05) is 32.0 Å². The lowest BCUT2D eigenvalue weighted by Crippen LogP contribution is -2.13. The zero-order chi connectivity index (χ0) is 25.6. The number of rotatable bonds is 9. The predicted octanol–water partition coefficient (Wildman–Crippen LogP) is 4.22. The van der Waals surface area contributed by atoms with Gasteiger partial charge in [-0.3, -0.25) is 10.1 Å². The van der Waals surface area contributed by atoms with Crippen molar-refractivity contribution in [3.63, 3.8) is 0 Å². The molecule has 182 valence electrons. The molecule has 0 bridgehead atoms. The van der Waals surface area contributed by atoms with Crippen molar-refractivity contribution >= 4 is 50.1 Å². The minimum atomic E-state index is -3.60. The van der Waals surface area contributed by atoms with E-state index in [-0.39, 0.29) is 17.3 Å².